The van der Waals surface area contributed by atoms with E-state index in [1.807, 2.05) is 25.5 Å². The lowest BCUT2D eigenvalue weighted by Crippen LogP contribution is -2.35. The number of aliphatic hydroxyl groups excluding tert-OH is 1. The van der Waals surface area contributed by atoms with Crippen LogP contribution < -0.4 is 5.32 Å². The number of nitrogens with one attached hydrogen (secondary N) is 1. The van der Waals surface area contributed by atoms with E-state index in [9.17, 15) is 9.90 Å². The minimum absolute atomic E-state index is 0.167. The molecule has 0 aliphatic rings. The fourth-order valence-electron chi connectivity index (χ4n) is 1.97. The number of carbonyl (C=O) groups excluding carboxylic acids is 1. The molecule has 0 saturated heterocycles. The molecule has 0 aromatic carbocycles. The van der Waals surface area contributed by atoms with Crippen LogP contribution in [0.15, 0.2) is 6.20 Å². The van der Waals surface area contributed by atoms with Crippen LogP contribution in [0.25, 0.3) is 0 Å². The van der Waals surface area contributed by atoms with Gasteiger partial charge < -0.3 is 10.4 Å². The summed E-state index contributed by atoms with van der Waals surface area (Å²) < 4.78 is 1.85. The van der Waals surface area contributed by atoms with Gasteiger partial charge in [0.2, 0.25) is 0 Å². The highest BCUT2D eigenvalue weighted by atomic mass is 16.3. The largest absolute Gasteiger partial charge is 0.391 e. The summed E-state index contributed by atoms with van der Waals surface area (Å²) in [5, 5.41) is 16.9. The Morgan fingerprint density at radius 3 is 2.65 bits per heavy atom. The molecule has 1 aromatic heterocycles. The number of aliphatic hydroxyl groups is 1. The van der Waals surface area contributed by atoms with Crippen LogP contribution in [-0.2, 0) is 6.54 Å². The Labute approximate surface area is 121 Å². The normalized spacial score (nSPS) is 14.3. The molecule has 0 bridgehead atoms. The minimum Gasteiger partial charge on any atom is -0.391 e. The van der Waals surface area contributed by atoms with Crippen molar-refractivity contribution in [2.75, 3.05) is 6.54 Å². The monoisotopic (exact) mass is 281 g/mol. The molecule has 1 amide bonds. The summed E-state index contributed by atoms with van der Waals surface area (Å²) in [4.78, 5) is 12.1. The minimum atomic E-state index is -0.505. The molecule has 2 unspecified atom stereocenters. The van der Waals surface area contributed by atoms with Gasteiger partial charge in [-0.2, -0.15) is 5.10 Å². The highest BCUT2D eigenvalue weighted by Gasteiger charge is 2.17. The van der Waals surface area contributed by atoms with Gasteiger partial charge in [0.15, 0.2) is 0 Å². The van der Waals surface area contributed by atoms with Crippen molar-refractivity contribution in [1.29, 1.82) is 0 Å². The lowest BCUT2D eigenvalue weighted by molar-refractivity contribution is 0.0849. The van der Waals surface area contributed by atoms with Gasteiger partial charge >= 0.3 is 0 Å². The molecule has 0 aliphatic carbocycles. The summed E-state index contributed by atoms with van der Waals surface area (Å²) in [5.74, 6) is 0.497. The molecule has 1 heterocycles. The summed E-state index contributed by atoms with van der Waals surface area (Å²) in [5.41, 5.74) is 1.45. The highest BCUT2D eigenvalue weighted by molar-refractivity contribution is 5.95. The fraction of sp³-hybridized carbons (Fsp3) is 0.733. The molecule has 0 aliphatic heterocycles. The fourth-order valence-corrected chi connectivity index (χ4v) is 1.97. The molecule has 1 aromatic rings. The maximum absolute atomic E-state index is 12.1. The predicted molar refractivity (Wildman–Crippen MR) is 79.6 cm³/mol. The molecule has 0 saturated carbocycles. The van der Waals surface area contributed by atoms with Gasteiger partial charge in [-0.15, -0.1) is 0 Å². The highest BCUT2D eigenvalue weighted by Crippen LogP contribution is 2.10. The summed E-state index contributed by atoms with van der Waals surface area (Å²) in [7, 11) is 0. The molecule has 0 spiro atoms. The first kappa shape index (κ1) is 16.7. The molecular formula is C15H27N3O2. The van der Waals surface area contributed by atoms with Crippen molar-refractivity contribution in [3.05, 3.63) is 17.5 Å². The molecule has 1 rings (SSSR count). The zero-order valence-corrected chi connectivity index (χ0v) is 13.2. The smallest absolute Gasteiger partial charge is 0.254 e. The summed E-state index contributed by atoms with van der Waals surface area (Å²) in [6, 6.07) is 0. The number of nitrogens with zero attached hydrogens (tertiary/aromatic N) is 2. The van der Waals surface area contributed by atoms with Crippen molar-refractivity contribution in [3.8, 4) is 0 Å². The Morgan fingerprint density at radius 2 is 2.10 bits per heavy atom. The van der Waals surface area contributed by atoms with E-state index in [0.717, 1.165) is 18.7 Å². The van der Waals surface area contributed by atoms with Crippen molar-refractivity contribution in [1.82, 2.24) is 15.1 Å². The quantitative estimate of drug-likeness (QED) is 0.803. The maximum Gasteiger partial charge on any atom is 0.254 e. The SMILES string of the molecule is CCC(C)C(O)CNC(=O)c1cnn(CC(C)C)c1C. The second kappa shape index (κ2) is 7.43. The second-order valence-corrected chi connectivity index (χ2v) is 5.88. The molecule has 5 nitrogen and oxygen atoms in total. The van der Waals surface area contributed by atoms with E-state index >= 15 is 0 Å². The summed E-state index contributed by atoms with van der Waals surface area (Å²) in [6.45, 7) is 11.2. The predicted octanol–water partition coefficient (Wildman–Crippen LogP) is 1.98. The third-order valence-electron chi connectivity index (χ3n) is 3.66. The maximum atomic E-state index is 12.1. The van der Waals surface area contributed by atoms with Crippen LogP contribution in [0.5, 0.6) is 0 Å². The Kier molecular flexibility index (Phi) is 6.20. The van der Waals surface area contributed by atoms with Crippen LogP contribution in [0.1, 0.15) is 50.2 Å². The molecule has 0 radical (unpaired) electrons. The van der Waals surface area contributed by atoms with Gasteiger partial charge in [-0.3, -0.25) is 9.48 Å². The number of aromatic nitrogens is 2. The third kappa shape index (κ3) is 4.34. The summed E-state index contributed by atoms with van der Waals surface area (Å²) in [6.07, 6.45) is 1.99. The standard InChI is InChI=1S/C15H27N3O2/c1-6-11(4)14(19)8-16-15(20)13-7-17-18(12(13)5)9-10(2)3/h7,10-11,14,19H,6,8-9H2,1-5H3,(H,16,20). The lowest BCUT2D eigenvalue weighted by atomic mass is 10.0. The number of hydrogen-bond acceptors (Lipinski definition) is 3. The van der Waals surface area contributed by atoms with E-state index in [1.165, 1.54) is 0 Å². The third-order valence-corrected chi connectivity index (χ3v) is 3.66. The van der Waals surface area contributed by atoms with Crippen LogP contribution >= 0.6 is 0 Å². The van der Waals surface area contributed by atoms with Crippen molar-refractivity contribution in [3.63, 3.8) is 0 Å². The van der Waals surface area contributed by atoms with Gasteiger partial charge in [0.05, 0.1) is 17.9 Å². The van der Waals surface area contributed by atoms with E-state index in [-0.39, 0.29) is 18.4 Å². The molecular weight excluding hydrogens is 254 g/mol. The molecule has 5 heteroatoms. The number of amides is 1. The Hall–Kier alpha value is -1.36. The zero-order chi connectivity index (χ0) is 15.3. The first-order valence-corrected chi connectivity index (χ1v) is 7.35. The molecule has 20 heavy (non-hydrogen) atoms. The number of rotatable bonds is 7. The first-order chi connectivity index (χ1) is 9.36. The van der Waals surface area contributed by atoms with E-state index < -0.39 is 6.10 Å². The van der Waals surface area contributed by atoms with Crippen molar-refractivity contribution in [2.45, 2.75) is 53.7 Å². The number of hydrogen-bond donors (Lipinski definition) is 2. The van der Waals surface area contributed by atoms with E-state index in [2.05, 4.69) is 24.3 Å². The van der Waals surface area contributed by atoms with Crippen LogP contribution in [0.2, 0.25) is 0 Å². The zero-order valence-electron chi connectivity index (χ0n) is 13.2. The number of carbonyl (C=O) groups is 1. The first-order valence-electron chi connectivity index (χ1n) is 7.35. The van der Waals surface area contributed by atoms with Crippen molar-refractivity contribution < 1.29 is 9.90 Å². The molecule has 0 fully saturated rings. The van der Waals surface area contributed by atoms with Gasteiger partial charge in [0.25, 0.3) is 5.91 Å². The Balaban J connectivity index is 2.62. The average Bonchev–Trinajstić information content (AvgIpc) is 2.75. The molecule has 2 atom stereocenters. The van der Waals surface area contributed by atoms with Gasteiger partial charge in [0, 0.05) is 18.8 Å². The van der Waals surface area contributed by atoms with Crippen molar-refractivity contribution in [2.24, 2.45) is 11.8 Å². The van der Waals surface area contributed by atoms with Gasteiger partial charge in [-0.1, -0.05) is 34.1 Å². The molecule has 2 N–H and O–H groups in total. The summed E-state index contributed by atoms with van der Waals surface area (Å²) >= 11 is 0. The van der Waals surface area contributed by atoms with Gasteiger partial charge in [0.1, 0.15) is 0 Å². The van der Waals surface area contributed by atoms with Crippen LogP contribution in [0.4, 0.5) is 0 Å². The van der Waals surface area contributed by atoms with Gasteiger partial charge in [-0.05, 0) is 18.8 Å². The van der Waals surface area contributed by atoms with Crippen LogP contribution in [0.3, 0.4) is 0 Å². The topological polar surface area (TPSA) is 67.2 Å². The van der Waals surface area contributed by atoms with Crippen molar-refractivity contribution >= 4 is 5.91 Å². The van der Waals surface area contributed by atoms with Gasteiger partial charge in [-0.25, -0.2) is 0 Å². The van der Waals surface area contributed by atoms with E-state index in [4.69, 9.17) is 0 Å². The molecule has 114 valence electrons. The average molecular weight is 281 g/mol. The lowest BCUT2D eigenvalue weighted by Gasteiger charge is -2.17. The van der Waals surface area contributed by atoms with E-state index in [1.54, 1.807) is 6.20 Å². The van der Waals surface area contributed by atoms with Crippen LogP contribution in [-0.4, -0.2) is 33.4 Å². The Bertz CT molecular complexity index is 440. The Morgan fingerprint density at radius 1 is 1.45 bits per heavy atom. The van der Waals surface area contributed by atoms with E-state index in [0.29, 0.717) is 11.5 Å². The second-order valence-electron chi connectivity index (χ2n) is 5.88. The van der Waals surface area contributed by atoms with Crippen LogP contribution in [0, 0.1) is 18.8 Å².